The van der Waals surface area contributed by atoms with Crippen molar-refractivity contribution in [2.45, 2.75) is 0 Å². The normalized spacial score (nSPS) is 11.2. The van der Waals surface area contributed by atoms with Crippen LogP contribution < -0.4 is 0 Å². The van der Waals surface area contributed by atoms with Gasteiger partial charge in [-0.25, -0.2) is 19.6 Å². The molecule has 14 nitrogen and oxygen atoms in total. The Bertz CT molecular complexity index is 1030. The van der Waals surface area contributed by atoms with E-state index in [1.54, 1.807) is 73.8 Å². The number of hydrogen-bond donors (Lipinski definition) is 2. The van der Waals surface area contributed by atoms with Gasteiger partial charge >= 0.3 is 17.1 Å². The van der Waals surface area contributed by atoms with E-state index >= 15 is 0 Å². The second-order valence-corrected chi connectivity index (χ2v) is 5.32. The molecule has 15 heteroatoms. The number of nitrogens with one attached hydrogen (secondary N) is 4. The van der Waals surface area contributed by atoms with Gasteiger partial charge in [0, 0.05) is 49.1 Å². The summed E-state index contributed by atoms with van der Waals surface area (Å²) >= 11 is 0. The van der Waals surface area contributed by atoms with Crippen LogP contribution in [0.2, 0.25) is 0 Å². The van der Waals surface area contributed by atoms with Crippen molar-refractivity contribution in [1.82, 2.24) is 39.1 Å². The molecule has 1 radical (unpaired) electrons. The zero-order chi connectivity index (χ0) is 21.3. The van der Waals surface area contributed by atoms with Gasteiger partial charge in [-0.15, -0.1) is 0 Å². The smallest absolute Gasteiger partial charge is 0.409 e. The number of aromatic nitrogens is 8. The first kappa shape index (κ1) is 22.9. The van der Waals surface area contributed by atoms with E-state index in [1.165, 1.54) is 18.7 Å². The monoisotopic (exact) mass is 467 g/mol. The average Bonchev–Trinajstić information content (AvgIpc) is 3.55. The van der Waals surface area contributed by atoms with Gasteiger partial charge in [-0.2, -0.15) is 10.2 Å². The third-order valence-corrected chi connectivity index (χ3v) is 3.31. The van der Waals surface area contributed by atoms with Crippen molar-refractivity contribution < 1.29 is 17.1 Å². The van der Waals surface area contributed by atoms with Gasteiger partial charge < -0.3 is 30.8 Å². The van der Waals surface area contributed by atoms with Crippen LogP contribution in [0.15, 0.2) is 83.8 Å². The van der Waals surface area contributed by atoms with Gasteiger partial charge in [-0.1, -0.05) is 0 Å². The molecule has 0 amide bonds. The van der Waals surface area contributed by atoms with Crippen LogP contribution in [0, 0.1) is 10.8 Å². The van der Waals surface area contributed by atoms with Crippen LogP contribution in [0.1, 0.15) is 0 Å². The Kier molecular flexibility index (Phi) is 8.12. The van der Waals surface area contributed by atoms with E-state index in [-0.39, 0.29) is 40.9 Å². The fraction of sp³-hybridized carbons (Fsp3) is 0. The second kappa shape index (κ2) is 11.0. The van der Waals surface area contributed by atoms with Crippen molar-refractivity contribution in [2.75, 3.05) is 0 Å². The molecule has 0 fully saturated rings. The quantitative estimate of drug-likeness (QED) is 0.225. The van der Waals surface area contributed by atoms with Gasteiger partial charge in [0.25, 0.3) is 0 Å². The van der Waals surface area contributed by atoms with Crippen LogP contribution in [-0.2, 0) is 17.1 Å². The van der Waals surface area contributed by atoms with E-state index in [0.29, 0.717) is 0 Å². The van der Waals surface area contributed by atoms with E-state index in [1.807, 2.05) is 0 Å². The Balaban J connectivity index is 0.000000213. The number of nitrogens with zero attached hydrogens (tertiary/aromatic N) is 10. The summed E-state index contributed by atoms with van der Waals surface area (Å²) < 4.78 is 5.05. The maximum Gasteiger partial charge on any atom is 2.00 e. The van der Waals surface area contributed by atoms with Gasteiger partial charge in [0.2, 0.25) is 0 Å². The molecule has 0 atom stereocenters. The summed E-state index contributed by atoms with van der Waals surface area (Å²) in [6.45, 7) is 0. The number of aliphatic imine (C=N–C) groups is 2. The molecule has 0 bridgehead atoms. The molecule has 4 aromatic rings. The van der Waals surface area contributed by atoms with Crippen LogP contribution in [0.3, 0.4) is 0 Å². The van der Waals surface area contributed by atoms with E-state index in [2.05, 4.69) is 30.4 Å². The van der Waals surface area contributed by atoms with E-state index < -0.39 is 0 Å². The summed E-state index contributed by atoms with van der Waals surface area (Å²) in [5.74, 6) is -0.498. The average molecular weight is 468 g/mol. The van der Waals surface area contributed by atoms with Crippen LogP contribution in [0.25, 0.3) is 11.5 Å². The maximum atomic E-state index is 7.53. The molecule has 0 aromatic carbocycles. The molecule has 161 valence electrons. The fourth-order valence-corrected chi connectivity index (χ4v) is 1.98. The van der Waals surface area contributed by atoms with Crippen molar-refractivity contribution in [3.63, 3.8) is 0 Å². The summed E-state index contributed by atoms with van der Waals surface area (Å²) in [7, 11) is 0. The first-order chi connectivity index (χ1) is 14.5. The van der Waals surface area contributed by atoms with Crippen LogP contribution >= 0.6 is 0 Å². The van der Waals surface area contributed by atoms with Crippen molar-refractivity contribution in [3.05, 3.63) is 85.3 Å². The first-order valence-electron chi connectivity index (χ1n) is 8.32. The summed E-state index contributed by atoms with van der Waals surface area (Å²) in [5, 5.41) is 30.4. The Labute approximate surface area is 186 Å². The van der Waals surface area contributed by atoms with Gasteiger partial charge in [0.15, 0.2) is 11.9 Å². The van der Waals surface area contributed by atoms with Crippen LogP contribution in [0.4, 0.5) is 0 Å². The van der Waals surface area contributed by atoms with Crippen molar-refractivity contribution in [2.24, 2.45) is 9.98 Å². The largest absolute Gasteiger partial charge is 2.00 e. The Hall–Kier alpha value is -4.36. The standard InChI is InChI=1S/2C8H8N7.Cu/c2*9-7(14-5-1-3-11-14)13-8(10)15-6-2-4-12-15;/h2*1-6H,(H2-,9,10,13);/q2*-1;+2. The Morgan fingerprint density at radius 3 is 1.13 bits per heavy atom. The van der Waals surface area contributed by atoms with Crippen LogP contribution in [-0.4, -0.2) is 63.0 Å². The molecule has 4 N–H and O–H groups in total. The van der Waals surface area contributed by atoms with Gasteiger partial charge in [0.1, 0.15) is 0 Å². The van der Waals surface area contributed by atoms with Crippen molar-refractivity contribution >= 4 is 23.8 Å². The third kappa shape index (κ3) is 6.31. The van der Waals surface area contributed by atoms with Gasteiger partial charge in [-0.3, -0.25) is 10.8 Å². The molecular formula is C16H16CuN14. The molecule has 0 unspecified atom stereocenters. The SMILES string of the molecule is N=C(/N=C(\[NH-])n1cccn1)n1cccn1.N=C(/N=C(\[NH-])n1cccn1)n1cccn1.[Cu+2]. The molecule has 0 saturated heterocycles. The minimum absolute atomic E-state index is 0. The van der Waals surface area contributed by atoms with Crippen LogP contribution in [0.5, 0.6) is 0 Å². The number of rotatable bonds is 0. The summed E-state index contributed by atoms with van der Waals surface area (Å²) in [5.41, 5.74) is 15.1. The molecule has 0 saturated carbocycles. The molecule has 0 aliphatic heterocycles. The predicted octanol–water partition coefficient (Wildman–Crippen LogP) is 1.64. The summed E-state index contributed by atoms with van der Waals surface area (Å²) in [6.07, 6.45) is 12.5. The predicted molar refractivity (Wildman–Crippen MR) is 109 cm³/mol. The maximum absolute atomic E-state index is 7.53. The minimum atomic E-state index is -0.125. The minimum Gasteiger partial charge on any atom is -0.409 e. The van der Waals surface area contributed by atoms with E-state index in [9.17, 15) is 0 Å². The molecule has 4 rings (SSSR count). The summed E-state index contributed by atoms with van der Waals surface area (Å²) in [4.78, 5) is 7.46. The van der Waals surface area contributed by atoms with Crippen molar-refractivity contribution in [3.8, 4) is 0 Å². The molecular weight excluding hydrogens is 452 g/mol. The van der Waals surface area contributed by atoms with Crippen molar-refractivity contribution in [1.29, 1.82) is 10.8 Å². The van der Waals surface area contributed by atoms with Gasteiger partial charge in [-0.05, 0) is 36.7 Å². The molecule has 31 heavy (non-hydrogen) atoms. The topological polar surface area (TPSA) is 191 Å². The second-order valence-electron chi connectivity index (χ2n) is 5.32. The number of hydrogen-bond acceptors (Lipinski definition) is 6. The molecule has 4 aromatic heterocycles. The Morgan fingerprint density at radius 2 is 0.871 bits per heavy atom. The molecule has 0 aliphatic carbocycles. The third-order valence-electron chi connectivity index (χ3n) is 3.31. The fourth-order valence-electron chi connectivity index (χ4n) is 1.98. The van der Waals surface area contributed by atoms with E-state index in [0.717, 1.165) is 0 Å². The molecule has 0 spiro atoms. The first-order valence-corrected chi connectivity index (χ1v) is 8.32. The Morgan fingerprint density at radius 1 is 0.581 bits per heavy atom. The van der Waals surface area contributed by atoms with E-state index in [4.69, 9.17) is 22.3 Å². The molecule has 0 aliphatic rings. The summed E-state index contributed by atoms with van der Waals surface area (Å²) in [6, 6.07) is 6.73. The zero-order valence-corrected chi connectivity index (χ0v) is 16.6. The molecule has 4 heterocycles. The zero-order valence-electron chi connectivity index (χ0n) is 15.7. The van der Waals surface area contributed by atoms with Gasteiger partial charge in [0.05, 0.1) is 0 Å².